The largest absolute Gasteiger partial charge is 0.444 e. The molecule has 0 N–H and O–H groups in total. The summed E-state index contributed by atoms with van der Waals surface area (Å²) < 4.78 is 5.37. The second kappa shape index (κ2) is 8.07. The van der Waals surface area contributed by atoms with E-state index in [1.54, 1.807) is 4.90 Å². The Morgan fingerprint density at radius 3 is 2.56 bits per heavy atom. The molecule has 3 atom stereocenters. The van der Waals surface area contributed by atoms with Crippen LogP contribution in [0.3, 0.4) is 0 Å². The first-order valence-corrected chi connectivity index (χ1v) is 9.36. The maximum atomic E-state index is 12.7. The lowest BCUT2D eigenvalue weighted by molar-refractivity contribution is -0.136. The average molecular weight is 349 g/mol. The molecule has 6 heteroatoms. The van der Waals surface area contributed by atoms with Crippen molar-refractivity contribution in [1.82, 2.24) is 9.80 Å². The second-order valence-corrected chi connectivity index (χ2v) is 8.50. The molecule has 2 aliphatic rings. The quantitative estimate of drug-likeness (QED) is 0.767. The van der Waals surface area contributed by atoms with Gasteiger partial charge >= 0.3 is 6.09 Å². The summed E-state index contributed by atoms with van der Waals surface area (Å²) in [7, 11) is 0. The summed E-state index contributed by atoms with van der Waals surface area (Å²) >= 11 is 0. The molecule has 1 aliphatic heterocycles. The molecule has 1 heterocycles. The van der Waals surface area contributed by atoms with E-state index in [9.17, 15) is 14.9 Å². The third-order valence-electron chi connectivity index (χ3n) is 5.01. The lowest BCUT2D eigenvalue weighted by Gasteiger charge is -2.39. The molecule has 0 aromatic carbocycles. The fourth-order valence-corrected chi connectivity index (χ4v) is 3.79. The molecule has 6 nitrogen and oxygen atoms in total. The van der Waals surface area contributed by atoms with Crippen molar-refractivity contribution in [1.29, 1.82) is 5.26 Å². The van der Waals surface area contributed by atoms with Crippen LogP contribution in [0.15, 0.2) is 0 Å². The van der Waals surface area contributed by atoms with Crippen LogP contribution in [0.2, 0.25) is 0 Å². The first-order valence-electron chi connectivity index (χ1n) is 9.36. The van der Waals surface area contributed by atoms with Gasteiger partial charge in [0.15, 0.2) is 0 Å². The number of piperazine rings is 1. The number of ether oxygens (including phenoxy) is 1. The zero-order chi connectivity index (χ0) is 18.6. The van der Waals surface area contributed by atoms with Crippen molar-refractivity contribution in [3.63, 3.8) is 0 Å². The first-order chi connectivity index (χ1) is 11.7. The van der Waals surface area contributed by atoms with E-state index < -0.39 is 17.7 Å². The van der Waals surface area contributed by atoms with Crippen LogP contribution in [0.1, 0.15) is 59.8 Å². The zero-order valence-corrected chi connectivity index (χ0v) is 16.0. The molecule has 2 fully saturated rings. The Morgan fingerprint density at radius 2 is 1.96 bits per heavy atom. The molecule has 0 aromatic rings. The Balaban J connectivity index is 1.92. The molecular weight excluding hydrogens is 318 g/mol. The van der Waals surface area contributed by atoms with Crippen molar-refractivity contribution in [2.45, 2.75) is 71.4 Å². The maximum absolute atomic E-state index is 12.7. The van der Waals surface area contributed by atoms with E-state index in [4.69, 9.17) is 4.74 Å². The van der Waals surface area contributed by atoms with Gasteiger partial charge in [-0.05, 0) is 45.4 Å². The summed E-state index contributed by atoms with van der Waals surface area (Å²) in [6, 6.07) is 1.60. The van der Waals surface area contributed by atoms with Gasteiger partial charge in [0.05, 0.1) is 12.6 Å². The first kappa shape index (κ1) is 19.6. The fourth-order valence-electron chi connectivity index (χ4n) is 3.79. The van der Waals surface area contributed by atoms with Crippen LogP contribution in [0.4, 0.5) is 4.79 Å². The van der Waals surface area contributed by atoms with Gasteiger partial charge in [0.2, 0.25) is 5.91 Å². The number of amides is 2. The predicted molar refractivity (Wildman–Crippen MR) is 94.7 cm³/mol. The SMILES string of the molecule is C[C@@H]1CCC[C@H](CC(=O)N2CCN(C(=O)OC(C)(C)C)C[C@@H]2C#N)C1. The van der Waals surface area contributed by atoms with Gasteiger partial charge in [-0.25, -0.2) is 4.79 Å². The third kappa shape index (κ3) is 5.62. The molecule has 0 radical (unpaired) electrons. The number of carbonyl (C=O) groups is 2. The van der Waals surface area contributed by atoms with Gasteiger partial charge in [0.25, 0.3) is 0 Å². The average Bonchev–Trinajstić information content (AvgIpc) is 2.52. The van der Waals surface area contributed by atoms with Crippen LogP contribution in [0, 0.1) is 23.2 Å². The zero-order valence-electron chi connectivity index (χ0n) is 16.0. The van der Waals surface area contributed by atoms with E-state index in [-0.39, 0.29) is 12.5 Å². The number of hydrogen-bond acceptors (Lipinski definition) is 4. The molecule has 1 saturated carbocycles. The van der Waals surface area contributed by atoms with Crippen LogP contribution in [0.25, 0.3) is 0 Å². The van der Waals surface area contributed by atoms with E-state index in [1.165, 1.54) is 17.7 Å². The smallest absolute Gasteiger partial charge is 0.410 e. The monoisotopic (exact) mass is 349 g/mol. The van der Waals surface area contributed by atoms with E-state index in [1.807, 2.05) is 20.8 Å². The normalized spacial score (nSPS) is 27.6. The molecule has 2 amide bonds. The highest BCUT2D eigenvalue weighted by molar-refractivity contribution is 5.78. The molecular formula is C19H31N3O3. The molecule has 0 spiro atoms. The number of hydrogen-bond donors (Lipinski definition) is 0. The van der Waals surface area contributed by atoms with Crippen LogP contribution in [-0.2, 0) is 9.53 Å². The second-order valence-electron chi connectivity index (χ2n) is 8.50. The van der Waals surface area contributed by atoms with Gasteiger partial charge in [-0.1, -0.05) is 19.8 Å². The number of nitrogens with zero attached hydrogens (tertiary/aromatic N) is 3. The summed E-state index contributed by atoms with van der Waals surface area (Å²) in [4.78, 5) is 28.1. The molecule has 25 heavy (non-hydrogen) atoms. The van der Waals surface area contributed by atoms with Crippen molar-refractivity contribution in [2.75, 3.05) is 19.6 Å². The van der Waals surface area contributed by atoms with Gasteiger partial charge in [0, 0.05) is 19.5 Å². The van der Waals surface area contributed by atoms with Crippen LogP contribution in [0.5, 0.6) is 0 Å². The predicted octanol–water partition coefficient (Wildman–Crippen LogP) is 3.17. The molecule has 1 saturated heterocycles. The Hall–Kier alpha value is -1.77. The van der Waals surface area contributed by atoms with E-state index in [0.717, 1.165) is 12.8 Å². The summed E-state index contributed by atoms with van der Waals surface area (Å²) in [6.45, 7) is 8.73. The van der Waals surface area contributed by atoms with E-state index in [0.29, 0.717) is 31.3 Å². The number of nitriles is 1. The lowest BCUT2D eigenvalue weighted by atomic mass is 9.80. The molecule has 0 unspecified atom stereocenters. The Morgan fingerprint density at radius 1 is 1.24 bits per heavy atom. The Kier molecular flexibility index (Phi) is 6.31. The minimum atomic E-state index is -0.588. The molecule has 1 aliphatic carbocycles. The highest BCUT2D eigenvalue weighted by atomic mass is 16.6. The topological polar surface area (TPSA) is 73.6 Å². The minimum absolute atomic E-state index is 0.0505. The molecule has 140 valence electrons. The molecule has 0 aromatic heterocycles. The van der Waals surface area contributed by atoms with E-state index in [2.05, 4.69) is 13.0 Å². The van der Waals surface area contributed by atoms with Crippen molar-refractivity contribution < 1.29 is 14.3 Å². The summed E-state index contributed by atoms with van der Waals surface area (Å²) in [5.74, 6) is 1.16. The maximum Gasteiger partial charge on any atom is 0.410 e. The van der Waals surface area contributed by atoms with Gasteiger partial charge in [0.1, 0.15) is 11.6 Å². The highest BCUT2D eigenvalue weighted by Crippen LogP contribution is 2.31. The fraction of sp³-hybridized carbons (Fsp3) is 0.842. The van der Waals surface area contributed by atoms with E-state index >= 15 is 0 Å². The van der Waals surface area contributed by atoms with Gasteiger partial charge < -0.3 is 14.5 Å². The molecule has 2 rings (SSSR count). The van der Waals surface area contributed by atoms with Gasteiger partial charge in [-0.15, -0.1) is 0 Å². The number of carbonyl (C=O) groups excluding carboxylic acids is 2. The standard InChI is InChI=1S/C19H31N3O3/c1-14-6-5-7-15(10-14)11-17(23)22-9-8-21(13-16(22)12-20)18(24)25-19(2,3)4/h14-16H,5-11,13H2,1-4H3/t14-,15+,16+/m1/s1. The van der Waals surface area contributed by atoms with Crippen molar-refractivity contribution in [3.8, 4) is 6.07 Å². The van der Waals surface area contributed by atoms with Gasteiger partial charge in [-0.2, -0.15) is 5.26 Å². The Labute approximate surface area is 151 Å². The van der Waals surface area contributed by atoms with Crippen LogP contribution < -0.4 is 0 Å². The molecule has 0 bridgehead atoms. The Bertz CT molecular complexity index is 535. The van der Waals surface area contributed by atoms with Gasteiger partial charge in [-0.3, -0.25) is 4.79 Å². The van der Waals surface area contributed by atoms with Crippen molar-refractivity contribution in [2.24, 2.45) is 11.8 Å². The minimum Gasteiger partial charge on any atom is -0.444 e. The van der Waals surface area contributed by atoms with Crippen molar-refractivity contribution in [3.05, 3.63) is 0 Å². The van der Waals surface area contributed by atoms with Crippen LogP contribution >= 0.6 is 0 Å². The summed E-state index contributed by atoms with van der Waals surface area (Å²) in [6.07, 6.45) is 4.75. The van der Waals surface area contributed by atoms with Crippen LogP contribution in [-0.4, -0.2) is 53.1 Å². The number of rotatable bonds is 2. The lowest BCUT2D eigenvalue weighted by Crippen LogP contribution is -2.56. The summed E-state index contributed by atoms with van der Waals surface area (Å²) in [5, 5.41) is 9.47. The highest BCUT2D eigenvalue weighted by Gasteiger charge is 2.35. The summed E-state index contributed by atoms with van der Waals surface area (Å²) in [5.41, 5.74) is -0.566. The van der Waals surface area contributed by atoms with Crippen molar-refractivity contribution >= 4 is 12.0 Å². The third-order valence-corrected chi connectivity index (χ3v) is 5.01.